The van der Waals surface area contributed by atoms with Crippen molar-refractivity contribution in [3.63, 3.8) is 0 Å². The maximum absolute atomic E-state index is 12.3. The van der Waals surface area contributed by atoms with Gasteiger partial charge in [0.15, 0.2) is 0 Å². The van der Waals surface area contributed by atoms with Gasteiger partial charge in [-0.2, -0.15) is 0 Å². The maximum atomic E-state index is 12.3. The van der Waals surface area contributed by atoms with Crippen LogP contribution in [0.15, 0.2) is 6.07 Å². The van der Waals surface area contributed by atoms with Crippen LogP contribution in [0.3, 0.4) is 0 Å². The summed E-state index contributed by atoms with van der Waals surface area (Å²) in [6.07, 6.45) is 0.505. The molecule has 5 nitrogen and oxygen atoms in total. The first-order chi connectivity index (χ1) is 10.1. The highest BCUT2D eigenvalue weighted by Crippen LogP contribution is 2.35. The average molecular weight is 305 g/mol. The molecule has 5 heteroatoms. The quantitative estimate of drug-likeness (QED) is 0.810. The Morgan fingerprint density at radius 3 is 2.50 bits per heavy atom. The van der Waals surface area contributed by atoms with Crippen molar-refractivity contribution in [1.29, 1.82) is 0 Å². The minimum Gasteiger partial charge on any atom is -0.444 e. The molecule has 122 valence electrons. The number of nitrogens with two attached hydrogens (primary N) is 1. The number of ether oxygens (including phenoxy) is 1. The molecule has 1 aliphatic heterocycles. The Balaban J connectivity index is 2.33. The highest BCUT2D eigenvalue weighted by molar-refractivity contribution is 5.73. The molecule has 1 heterocycles. The molecule has 0 unspecified atom stereocenters. The number of hydrogen-bond acceptors (Lipinski definition) is 4. The number of nitrogen functional groups attached to an aromatic ring is 1. The van der Waals surface area contributed by atoms with Crippen molar-refractivity contribution in [2.75, 3.05) is 31.3 Å². The van der Waals surface area contributed by atoms with Crippen molar-refractivity contribution in [1.82, 2.24) is 4.90 Å². The molecule has 0 fully saturated rings. The molecule has 2 N–H and O–H groups in total. The third kappa shape index (κ3) is 3.29. The Morgan fingerprint density at radius 2 is 1.95 bits per heavy atom. The number of hydrogen-bond donors (Lipinski definition) is 1. The number of aryl methyl sites for hydroxylation is 1. The molecule has 1 aromatic rings. The standard InChI is InChI=1S/C17H27N3O2/c1-11-9-14(19(5)6)13-10-20(8-7-12(13)15(11)18)16(21)22-17(2,3)4/h9H,7-8,10,18H2,1-6H3. The number of benzene rings is 1. The third-order valence-electron chi connectivity index (χ3n) is 3.89. The number of amides is 1. The SMILES string of the molecule is Cc1cc(N(C)C)c2c(c1N)CCN(C(=O)OC(C)(C)C)C2. The van der Waals surface area contributed by atoms with E-state index in [0.29, 0.717) is 13.1 Å². The number of nitrogens with zero attached hydrogens (tertiary/aromatic N) is 2. The largest absolute Gasteiger partial charge is 0.444 e. The third-order valence-corrected chi connectivity index (χ3v) is 3.89. The average Bonchev–Trinajstić information content (AvgIpc) is 2.40. The van der Waals surface area contributed by atoms with Gasteiger partial charge < -0.3 is 20.3 Å². The Bertz CT molecular complexity index is 589. The summed E-state index contributed by atoms with van der Waals surface area (Å²) in [7, 11) is 4.02. The molecule has 0 spiro atoms. The minimum atomic E-state index is -0.478. The van der Waals surface area contributed by atoms with E-state index in [0.717, 1.165) is 28.9 Å². The molecule has 2 rings (SSSR count). The van der Waals surface area contributed by atoms with Crippen molar-refractivity contribution >= 4 is 17.5 Å². The predicted octanol–water partition coefficient (Wildman–Crippen LogP) is 2.94. The van der Waals surface area contributed by atoms with Gasteiger partial charge in [0.05, 0.1) is 6.54 Å². The van der Waals surface area contributed by atoms with E-state index in [1.54, 1.807) is 4.90 Å². The fourth-order valence-electron chi connectivity index (χ4n) is 2.79. The van der Waals surface area contributed by atoms with E-state index in [-0.39, 0.29) is 6.09 Å². The van der Waals surface area contributed by atoms with E-state index in [4.69, 9.17) is 10.5 Å². The number of rotatable bonds is 1. The van der Waals surface area contributed by atoms with Crippen LogP contribution in [-0.4, -0.2) is 37.2 Å². The Labute approximate surface area is 133 Å². The van der Waals surface area contributed by atoms with Crippen molar-refractivity contribution in [2.45, 2.75) is 46.3 Å². The number of anilines is 2. The Morgan fingerprint density at radius 1 is 1.32 bits per heavy atom. The van der Waals surface area contributed by atoms with E-state index < -0.39 is 5.60 Å². The van der Waals surface area contributed by atoms with Crippen molar-refractivity contribution in [3.8, 4) is 0 Å². The lowest BCUT2D eigenvalue weighted by atomic mass is 9.93. The first kappa shape index (κ1) is 16.5. The summed E-state index contributed by atoms with van der Waals surface area (Å²) in [5.74, 6) is 0. The number of fused-ring (bicyclic) bond motifs is 1. The number of carbonyl (C=O) groups is 1. The van der Waals surface area contributed by atoms with Crippen LogP contribution in [0.1, 0.15) is 37.5 Å². The van der Waals surface area contributed by atoms with Crippen LogP contribution in [0.4, 0.5) is 16.2 Å². The van der Waals surface area contributed by atoms with Gasteiger partial charge in [0.1, 0.15) is 5.60 Å². The monoisotopic (exact) mass is 305 g/mol. The normalized spacial score (nSPS) is 14.5. The first-order valence-corrected chi connectivity index (χ1v) is 7.66. The molecule has 0 bridgehead atoms. The van der Waals surface area contributed by atoms with E-state index in [1.807, 2.05) is 41.8 Å². The van der Waals surface area contributed by atoms with Gasteiger partial charge >= 0.3 is 6.09 Å². The van der Waals surface area contributed by atoms with Crippen LogP contribution in [-0.2, 0) is 17.7 Å². The zero-order valence-electron chi connectivity index (χ0n) is 14.5. The maximum Gasteiger partial charge on any atom is 0.410 e. The van der Waals surface area contributed by atoms with Gasteiger partial charge in [-0.1, -0.05) is 0 Å². The predicted molar refractivity (Wildman–Crippen MR) is 90.3 cm³/mol. The fourth-order valence-corrected chi connectivity index (χ4v) is 2.79. The Hall–Kier alpha value is -1.91. The van der Waals surface area contributed by atoms with Crippen molar-refractivity contribution in [2.24, 2.45) is 0 Å². The van der Waals surface area contributed by atoms with E-state index in [1.165, 1.54) is 5.56 Å². The molecule has 22 heavy (non-hydrogen) atoms. The van der Waals surface area contributed by atoms with Crippen molar-refractivity contribution in [3.05, 3.63) is 22.8 Å². The topological polar surface area (TPSA) is 58.8 Å². The molecule has 0 saturated carbocycles. The molecule has 0 aliphatic carbocycles. The summed E-state index contributed by atoms with van der Waals surface area (Å²) in [5, 5.41) is 0. The molecule has 1 amide bonds. The molecule has 0 atom stereocenters. The molecular weight excluding hydrogens is 278 g/mol. The smallest absolute Gasteiger partial charge is 0.410 e. The molecule has 0 saturated heterocycles. The van der Waals surface area contributed by atoms with E-state index in [9.17, 15) is 4.79 Å². The Kier molecular flexibility index (Phi) is 4.27. The molecule has 1 aliphatic rings. The van der Waals surface area contributed by atoms with Gasteiger partial charge in [0.25, 0.3) is 0 Å². The molecule has 0 aromatic heterocycles. The van der Waals surface area contributed by atoms with Crippen LogP contribution < -0.4 is 10.6 Å². The first-order valence-electron chi connectivity index (χ1n) is 7.66. The summed E-state index contributed by atoms with van der Waals surface area (Å²) in [6, 6.07) is 2.09. The summed E-state index contributed by atoms with van der Waals surface area (Å²) >= 11 is 0. The highest BCUT2D eigenvalue weighted by atomic mass is 16.6. The van der Waals surface area contributed by atoms with E-state index in [2.05, 4.69) is 11.0 Å². The van der Waals surface area contributed by atoms with Gasteiger partial charge in [-0.25, -0.2) is 4.79 Å². The second-order valence-electron chi connectivity index (χ2n) is 7.13. The molecular formula is C17H27N3O2. The minimum absolute atomic E-state index is 0.262. The van der Waals surface area contributed by atoms with Crippen LogP contribution in [0, 0.1) is 6.92 Å². The van der Waals surface area contributed by atoms with Gasteiger partial charge in [0, 0.05) is 37.6 Å². The second kappa shape index (κ2) is 5.71. The van der Waals surface area contributed by atoms with E-state index >= 15 is 0 Å². The van der Waals surface area contributed by atoms with Crippen LogP contribution >= 0.6 is 0 Å². The fraction of sp³-hybridized carbons (Fsp3) is 0.588. The summed E-state index contributed by atoms with van der Waals surface area (Å²) in [6.45, 7) is 8.87. The summed E-state index contributed by atoms with van der Waals surface area (Å²) in [4.78, 5) is 16.1. The van der Waals surface area contributed by atoms with Crippen LogP contribution in [0.25, 0.3) is 0 Å². The molecule has 0 radical (unpaired) electrons. The van der Waals surface area contributed by atoms with Crippen LogP contribution in [0.2, 0.25) is 0 Å². The van der Waals surface area contributed by atoms with Gasteiger partial charge in [-0.05, 0) is 51.3 Å². The zero-order valence-corrected chi connectivity index (χ0v) is 14.5. The zero-order chi connectivity index (χ0) is 16.7. The van der Waals surface area contributed by atoms with Crippen molar-refractivity contribution < 1.29 is 9.53 Å². The lowest BCUT2D eigenvalue weighted by Gasteiger charge is -2.34. The second-order valence-corrected chi connectivity index (χ2v) is 7.13. The van der Waals surface area contributed by atoms with Gasteiger partial charge in [0.2, 0.25) is 0 Å². The van der Waals surface area contributed by atoms with Gasteiger partial charge in [-0.3, -0.25) is 0 Å². The lowest BCUT2D eigenvalue weighted by molar-refractivity contribution is 0.0224. The van der Waals surface area contributed by atoms with Crippen LogP contribution in [0.5, 0.6) is 0 Å². The lowest BCUT2D eigenvalue weighted by Crippen LogP contribution is -2.40. The van der Waals surface area contributed by atoms with Gasteiger partial charge in [-0.15, -0.1) is 0 Å². The summed E-state index contributed by atoms with van der Waals surface area (Å²) < 4.78 is 5.49. The highest BCUT2D eigenvalue weighted by Gasteiger charge is 2.28. The molecule has 1 aromatic carbocycles. The number of carbonyl (C=O) groups excluding carboxylic acids is 1. The summed E-state index contributed by atoms with van der Waals surface area (Å²) in [5.41, 5.74) is 11.1.